The summed E-state index contributed by atoms with van der Waals surface area (Å²) in [6.07, 6.45) is 4.94. The van der Waals surface area contributed by atoms with Crippen molar-refractivity contribution in [1.82, 2.24) is 19.7 Å². The molecule has 0 radical (unpaired) electrons. The lowest BCUT2D eigenvalue weighted by atomic mass is 10.1. The van der Waals surface area contributed by atoms with Crippen molar-refractivity contribution in [1.29, 1.82) is 0 Å². The average Bonchev–Trinajstić information content (AvgIpc) is 3.42. The Morgan fingerprint density at radius 2 is 2.00 bits per heavy atom. The van der Waals surface area contributed by atoms with Crippen LogP contribution in [0.3, 0.4) is 0 Å². The molecule has 3 heterocycles. The van der Waals surface area contributed by atoms with Gasteiger partial charge in [-0.3, -0.25) is 10.1 Å². The van der Waals surface area contributed by atoms with E-state index in [4.69, 9.17) is 4.98 Å². The minimum absolute atomic E-state index is 0.142. The zero-order valence-electron chi connectivity index (χ0n) is 16.3. The molecule has 0 atom stereocenters. The topological polar surface area (TPSA) is 72.7 Å². The Labute approximate surface area is 172 Å². The van der Waals surface area contributed by atoms with Crippen molar-refractivity contribution in [2.24, 2.45) is 0 Å². The predicted molar refractivity (Wildman–Crippen MR) is 115 cm³/mol. The van der Waals surface area contributed by atoms with Crippen molar-refractivity contribution in [2.45, 2.75) is 39.2 Å². The van der Waals surface area contributed by atoms with E-state index in [1.807, 2.05) is 41.1 Å². The largest absolute Gasteiger partial charge is 0.298 e. The third kappa shape index (κ3) is 3.21. The zero-order chi connectivity index (χ0) is 20.0. The number of aryl methyl sites for hydroxylation is 2. The number of aromatic nitrogens is 4. The van der Waals surface area contributed by atoms with E-state index in [-0.39, 0.29) is 11.9 Å². The van der Waals surface area contributed by atoms with Crippen LogP contribution in [0.5, 0.6) is 0 Å². The van der Waals surface area contributed by atoms with Crippen molar-refractivity contribution in [3.63, 3.8) is 0 Å². The number of rotatable bonds is 4. The van der Waals surface area contributed by atoms with Crippen molar-refractivity contribution < 1.29 is 4.79 Å². The molecule has 0 spiro atoms. The second-order valence-corrected chi connectivity index (χ2v) is 8.62. The Morgan fingerprint density at radius 1 is 1.17 bits per heavy atom. The summed E-state index contributed by atoms with van der Waals surface area (Å²) in [5.41, 5.74) is 4.13. The molecular weight excluding hydrogens is 382 g/mol. The predicted octanol–water partition coefficient (Wildman–Crippen LogP) is 4.88. The molecule has 5 rings (SSSR count). The van der Waals surface area contributed by atoms with Crippen molar-refractivity contribution in [3.8, 4) is 11.3 Å². The minimum atomic E-state index is -0.176. The molecule has 0 unspecified atom stereocenters. The van der Waals surface area contributed by atoms with Gasteiger partial charge in [0.25, 0.3) is 5.91 Å². The summed E-state index contributed by atoms with van der Waals surface area (Å²) in [4.78, 5) is 23.9. The Balaban J connectivity index is 1.60. The summed E-state index contributed by atoms with van der Waals surface area (Å²) >= 11 is 1.58. The second kappa shape index (κ2) is 7.08. The monoisotopic (exact) mass is 403 g/mol. The van der Waals surface area contributed by atoms with Gasteiger partial charge in [-0.25, -0.2) is 14.6 Å². The third-order valence-corrected chi connectivity index (χ3v) is 6.26. The van der Waals surface area contributed by atoms with Crippen LogP contribution in [-0.4, -0.2) is 25.7 Å². The maximum Gasteiger partial charge on any atom is 0.258 e. The van der Waals surface area contributed by atoms with Crippen molar-refractivity contribution in [3.05, 3.63) is 58.7 Å². The highest BCUT2D eigenvalue weighted by molar-refractivity contribution is 7.16. The molecule has 0 fully saturated rings. The molecular formula is C22H21N5OS. The summed E-state index contributed by atoms with van der Waals surface area (Å²) in [7, 11) is 0. The smallest absolute Gasteiger partial charge is 0.258 e. The maximum absolute atomic E-state index is 13.2. The lowest BCUT2D eigenvalue weighted by Gasteiger charge is -2.10. The molecule has 1 aliphatic carbocycles. The number of carbonyl (C=O) groups excluding carboxylic acids is 1. The Kier molecular flexibility index (Phi) is 4.39. The first-order valence-electron chi connectivity index (χ1n) is 9.84. The fourth-order valence-corrected chi connectivity index (χ4v) is 4.79. The zero-order valence-corrected chi connectivity index (χ0v) is 17.2. The molecule has 1 aliphatic rings. The first kappa shape index (κ1) is 18.0. The van der Waals surface area contributed by atoms with E-state index in [9.17, 15) is 4.79 Å². The van der Waals surface area contributed by atoms with E-state index in [0.717, 1.165) is 41.6 Å². The molecule has 3 aromatic heterocycles. The molecule has 29 heavy (non-hydrogen) atoms. The number of amides is 1. The van der Waals surface area contributed by atoms with Gasteiger partial charge < -0.3 is 0 Å². The summed E-state index contributed by atoms with van der Waals surface area (Å²) in [5.74, 6) is -0.176. The second-order valence-electron chi connectivity index (χ2n) is 7.54. The molecule has 6 nitrogen and oxygen atoms in total. The van der Waals surface area contributed by atoms with Gasteiger partial charge >= 0.3 is 0 Å². The molecule has 1 amide bonds. The van der Waals surface area contributed by atoms with Crippen LogP contribution in [0, 0.1) is 0 Å². The van der Waals surface area contributed by atoms with Crippen LogP contribution in [0.15, 0.2) is 42.6 Å². The van der Waals surface area contributed by atoms with Gasteiger partial charge in [-0.1, -0.05) is 30.3 Å². The van der Waals surface area contributed by atoms with Gasteiger partial charge in [0, 0.05) is 16.5 Å². The van der Waals surface area contributed by atoms with E-state index < -0.39 is 0 Å². The van der Waals surface area contributed by atoms with Crippen molar-refractivity contribution >= 4 is 33.4 Å². The van der Waals surface area contributed by atoms with Gasteiger partial charge in [0.2, 0.25) is 0 Å². The Hall–Kier alpha value is -3.06. The molecule has 1 N–H and O–H groups in total. The summed E-state index contributed by atoms with van der Waals surface area (Å²) < 4.78 is 1.86. The van der Waals surface area contributed by atoms with Crippen LogP contribution in [0.1, 0.15) is 47.2 Å². The highest BCUT2D eigenvalue weighted by Gasteiger charge is 2.21. The highest BCUT2D eigenvalue weighted by atomic mass is 32.1. The fraction of sp³-hybridized carbons (Fsp3) is 0.273. The molecule has 7 heteroatoms. The number of hydrogen-bond donors (Lipinski definition) is 1. The van der Waals surface area contributed by atoms with Gasteiger partial charge in [-0.2, -0.15) is 5.10 Å². The number of nitrogens with zero attached hydrogens (tertiary/aromatic N) is 4. The SMILES string of the molecule is CC(C)n1ncc2c(C(=O)Nc3nc4c(s3)CCC4)cc(-c3ccccc3)nc21. The number of pyridine rings is 1. The molecule has 146 valence electrons. The van der Waals surface area contributed by atoms with E-state index in [1.54, 1.807) is 17.5 Å². The van der Waals surface area contributed by atoms with Crippen LogP contribution < -0.4 is 5.32 Å². The van der Waals surface area contributed by atoms with Crippen LogP contribution in [0.25, 0.3) is 22.3 Å². The summed E-state index contributed by atoms with van der Waals surface area (Å²) in [6.45, 7) is 4.11. The van der Waals surface area contributed by atoms with Crippen molar-refractivity contribution in [2.75, 3.05) is 5.32 Å². The van der Waals surface area contributed by atoms with Gasteiger partial charge in [0.1, 0.15) is 0 Å². The number of anilines is 1. The number of carbonyl (C=O) groups is 1. The van der Waals surface area contributed by atoms with E-state index in [1.165, 1.54) is 4.88 Å². The first-order chi connectivity index (χ1) is 14.1. The molecule has 0 saturated heterocycles. The molecule has 1 aromatic carbocycles. The van der Waals surface area contributed by atoms with Crippen LogP contribution in [-0.2, 0) is 12.8 Å². The minimum Gasteiger partial charge on any atom is -0.298 e. The van der Waals surface area contributed by atoms with Gasteiger partial charge in [-0.15, -0.1) is 11.3 Å². The maximum atomic E-state index is 13.2. The molecule has 0 bridgehead atoms. The fourth-order valence-electron chi connectivity index (χ4n) is 3.75. The van der Waals surface area contributed by atoms with Gasteiger partial charge in [0.15, 0.2) is 10.8 Å². The average molecular weight is 404 g/mol. The number of hydrogen-bond acceptors (Lipinski definition) is 5. The van der Waals surface area contributed by atoms with Crippen LogP contribution >= 0.6 is 11.3 Å². The number of nitrogens with one attached hydrogen (secondary N) is 1. The first-order valence-corrected chi connectivity index (χ1v) is 10.7. The van der Waals surface area contributed by atoms with E-state index in [2.05, 4.69) is 29.2 Å². The van der Waals surface area contributed by atoms with Crippen LogP contribution in [0.2, 0.25) is 0 Å². The quantitative estimate of drug-likeness (QED) is 0.527. The molecule has 0 saturated carbocycles. The summed E-state index contributed by atoms with van der Waals surface area (Å²) in [5, 5.41) is 8.90. The molecule has 0 aliphatic heterocycles. The molecule has 4 aromatic rings. The number of fused-ring (bicyclic) bond motifs is 2. The Bertz CT molecular complexity index is 1190. The third-order valence-electron chi connectivity index (χ3n) is 5.19. The standard InChI is InChI=1S/C22H21N5OS/c1-13(2)27-20-16(12-23-27)15(11-18(24-20)14-7-4-3-5-8-14)21(28)26-22-25-17-9-6-10-19(17)29-22/h3-5,7-8,11-13H,6,9-10H2,1-2H3,(H,25,26,28). The highest BCUT2D eigenvalue weighted by Crippen LogP contribution is 2.32. The van der Waals surface area contributed by atoms with Gasteiger partial charge in [-0.05, 0) is 39.2 Å². The lowest BCUT2D eigenvalue weighted by molar-refractivity contribution is 0.102. The summed E-state index contributed by atoms with van der Waals surface area (Å²) in [6, 6.07) is 11.9. The van der Waals surface area contributed by atoms with E-state index in [0.29, 0.717) is 16.3 Å². The van der Waals surface area contributed by atoms with Gasteiger partial charge in [0.05, 0.1) is 28.5 Å². The number of benzene rings is 1. The van der Waals surface area contributed by atoms with E-state index >= 15 is 0 Å². The van der Waals surface area contributed by atoms with Crippen LogP contribution in [0.4, 0.5) is 5.13 Å². The lowest BCUT2D eigenvalue weighted by Crippen LogP contribution is -2.13. The Morgan fingerprint density at radius 3 is 2.76 bits per heavy atom. The number of thiazole rings is 1. The normalized spacial score (nSPS) is 13.2.